The van der Waals surface area contributed by atoms with Gasteiger partial charge in [0, 0.05) is 34.2 Å². The number of ether oxygens (including phenoxy) is 1. The van der Waals surface area contributed by atoms with E-state index in [-0.39, 0.29) is 23.1 Å². The lowest BCUT2D eigenvalue weighted by Gasteiger charge is -2.31. The molecule has 1 saturated carbocycles. The van der Waals surface area contributed by atoms with Crippen LogP contribution in [0.4, 0.5) is 4.39 Å². The number of nitrogens with one attached hydrogen (secondary N) is 1. The van der Waals surface area contributed by atoms with Gasteiger partial charge in [-0.05, 0) is 68.6 Å². The highest BCUT2D eigenvalue weighted by Gasteiger charge is 2.58. The zero-order chi connectivity index (χ0) is 30.4. The van der Waals surface area contributed by atoms with Crippen LogP contribution in [-0.4, -0.2) is 49.5 Å². The van der Waals surface area contributed by atoms with Crippen LogP contribution in [0.15, 0.2) is 65.2 Å². The number of benzene rings is 2. The molecule has 2 fully saturated rings. The third-order valence-electron chi connectivity index (χ3n) is 9.12. The van der Waals surface area contributed by atoms with Gasteiger partial charge < -0.3 is 19.7 Å². The number of halogens is 1. The number of carboxylic acids is 1. The number of imidazole rings is 1. The summed E-state index contributed by atoms with van der Waals surface area (Å²) in [6.45, 7) is 5.27. The molecule has 0 bridgehead atoms. The van der Waals surface area contributed by atoms with E-state index in [2.05, 4.69) is 27.8 Å². The number of hydrogen-bond donors (Lipinski definition) is 2. The molecule has 7 rings (SSSR count). The number of nitriles is 1. The van der Waals surface area contributed by atoms with Gasteiger partial charge in [0.1, 0.15) is 18.2 Å². The molecule has 0 spiro atoms. The highest BCUT2D eigenvalue weighted by atomic mass is 32.2. The maximum atomic E-state index is 14.3. The molecule has 1 aliphatic carbocycles. The van der Waals surface area contributed by atoms with Gasteiger partial charge in [-0.3, -0.25) is 4.90 Å². The number of carboxylic acid groups (broad SMARTS) is 1. The molecule has 224 valence electrons. The van der Waals surface area contributed by atoms with Gasteiger partial charge in [0.05, 0.1) is 52.9 Å². The zero-order valence-corrected chi connectivity index (χ0v) is 25.0. The molecule has 2 unspecified atom stereocenters. The van der Waals surface area contributed by atoms with Crippen molar-refractivity contribution in [2.45, 2.75) is 44.9 Å². The van der Waals surface area contributed by atoms with Gasteiger partial charge in [0.25, 0.3) is 0 Å². The SMILES string of the molecule is CC1=C(Cn2c(CN3CCC4(c5cccc(OCc6ccc(C#N)cc6F)n5)CC4C3)nc3ccc(C(=O)O)cc32)SCN1. The van der Waals surface area contributed by atoms with Crippen LogP contribution >= 0.6 is 11.8 Å². The Morgan fingerprint density at radius 2 is 2.11 bits per heavy atom. The number of carbonyl (C=O) groups is 1. The fourth-order valence-corrected chi connectivity index (χ4v) is 7.45. The minimum atomic E-state index is -0.945. The predicted octanol–water partition coefficient (Wildman–Crippen LogP) is 5.41. The summed E-state index contributed by atoms with van der Waals surface area (Å²) in [5.41, 5.74) is 4.74. The third-order valence-corrected chi connectivity index (χ3v) is 10.2. The van der Waals surface area contributed by atoms with E-state index in [4.69, 9.17) is 20.0 Å². The minimum Gasteiger partial charge on any atom is -0.478 e. The first-order valence-corrected chi connectivity index (χ1v) is 15.6. The molecule has 2 atom stereocenters. The fraction of sp³-hybridized carbons (Fsp3) is 0.333. The van der Waals surface area contributed by atoms with Crippen molar-refractivity contribution >= 4 is 28.8 Å². The lowest BCUT2D eigenvalue weighted by atomic mass is 9.91. The van der Waals surface area contributed by atoms with Gasteiger partial charge in [-0.1, -0.05) is 12.1 Å². The van der Waals surface area contributed by atoms with Crippen molar-refractivity contribution in [2.24, 2.45) is 5.92 Å². The van der Waals surface area contributed by atoms with Crippen LogP contribution in [0.1, 0.15) is 52.8 Å². The molecular weight excluding hydrogens is 579 g/mol. The normalized spacial score (nSPS) is 21.2. The molecule has 9 nitrogen and oxygen atoms in total. The van der Waals surface area contributed by atoms with Crippen LogP contribution in [0, 0.1) is 23.1 Å². The highest BCUT2D eigenvalue weighted by Crippen LogP contribution is 2.59. The Hall–Kier alpha value is -4.40. The minimum absolute atomic E-state index is 0.0141. The number of nitrogens with zero attached hydrogens (tertiary/aromatic N) is 5. The predicted molar refractivity (Wildman–Crippen MR) is 164 cm³/mol. The number of hydrogen-bond acceptors (Lipinski definition) is 8. The second-order valence-corrected chi connectivity index (χ2v) is 12.8. The molecule has 2 aromatic carbocycles. The van der Waals surface area contributed by atoms with Gasteiger partial charge in [-0.15, -0.1) is 11.8 Å². The van der Waals surface area contributed by atoms with Crippen molar-refractivity contribution in [2.75, 3.05) is 19.0 Å². The topological polar surface area (TPSA) is 116 Å². The van der Waals surface area contributed by atoms with E-state index in [9.17, 15) is 14.3 Å². The molecule has 3 aliphatic rings. The molecule has 2 N–H and O–H groups in total. The van der Waals surface area contributed by atoms with E-state index in [0.717, 1.165) is 60.1 Å². The van der Waals surface area contributed by atoms with Crippen LogP contribution in [0.2, 0.25) is 0 Å². The van der Waals surface area contributed by atoms with Crippen molar-refractivity contribution in [3.63, 3.8) is 0 Å². The van der Waals surface area contributed by atoms with Crippen LogP contribution in [-0.2, 0) is 25.1 Å². The van der Waals surface area contributed by atoms with Crippen LogP contribution in [0.5, 0.6) is 5.88 Å². The summed E-state index contributed by atoms with van der Waals surface area (Å²) >= 11 is 1.77. The summed E-state index contributed by atoms with van der Waals surface area (Å²) in [5, 5.41) is 22.0. The number of pyridine rings is 1. The van der Waals surface area contributed by atoms with E-state index >= 15 is 0 Å². The van der Waals surface area contributed by atoms with Crippen molar-refractivity contribution in [3.8, 4) is 11.9 Å². The van der Waals surface area contributed by atoms with Gasteiger partial charge >= 0.3 is 5.97 Å². The largest absolute Gasteiger partial charge is 0.478 e. The highest BCUT2D eigenvalue weighted by molar-refractivity contribution is 8.03. The average Bonchev–Trinajstić information content (AvgIpc) is 3.49. The average molecular weight is 611 g/mol. The molecule has 4 heterocycles. The first-order valence-electron chi connectivity index (χ1n) is 14.6. The Bertz CT molecular complexity index is 1870. The summed E-state index contributed by atoms with van der Waals surface area (Å²) in [4.78, 5) is 25.2. The Balaban J connectivity index is 1.06. The van der Waals surface area contributed by atoms with Crippen molar-refractivity contribution in [1.82, 2.24) is 24.8 Å². The van der Waals surface area contributed by atoms with E-state index < -0.39 is 11.8 Å². The fourth-order valence-electron chi connectivity index (χ4n) is 6.48. The Labute approximate surface area is 258 Å². The Morgan fingerprint density at radius 3 is 2.86 bits per heavy atom. The summed E-state index contributed by atoms with van der Waals surface area (Å²) in [7, 11) is 0. The van der Waals surface area contributed by atoms with E-state index in [0.29, 0.717) is 30.5 Å². The van der Waals surface area contributed by atoms with Gasteiger partial charge in [0.15, 0.2) is 0 Å². The molecule has 11 heteroatoms. The number of thioether (sulfide) groups is 1. The van der Waals surface area contributed by atoms with E-state index in [1.807, 2.05) is 12.1 Å². The molecule has 1 saturated heterocycles. The van der Waals surface area contributed by atoms with E-state index in [1.165, 1.54) is 11.0 Å². The smallest absolute Gasteiger partial charge is 0.335 e. The van der Waals surface area contributed by atoms with Crippen molar-refractivity contribution in [3.05, 3.63) is 99.2 Å². The molecule has 0 radical (unpaired) electrons. The first-order chi connectivity index (χ1) is 21.3. The number of rotatable bonds is 9. The monoisotopic (exact) mass is 610 g/mol. The number of aromatic nitrogens is 3. The van der Waals surface area contributed by atoms with Crippen molar-refractivity contribution < 1.29 is 19.0 Å². The number of allylic oxidation sites excluding steroid dienone is 2. The lowest BCUT2D eigenvalue weighted by molar-refractivity contribution is 0.0697. The molecular formula is C33H31FN6O3S. The summed E-state index contributed by atoms with van der Waals surface area (Å²) < 4.78 is 22.4. The Kier molecular flexibility index (Phi) is 7.26. The first kappa shape index (κ1) is 28.4. The maximum absolute atomic E-state index is 14.3. The van der Waals surface area contributed by atoms with E-state index in [1.54, 1.807) is 48.2 Å². The zero-order valence-electron chi connectivity index (χ0n) is 24.2. The van der Waals surface area contributed by atoms with Gasteiger partial charge in [0.2, 0.25) is 5.88 Å². The Morgan fingerprint density at radius 1 is 1.23 bits per heavy atom. The van der Waals surface area contributed by atoms with Crippen molar-refractivity contribution in [1.29, 1.82) is 5.26 Å². The maximum Gasteiger partial charge on any atom is 0.335 e. The number of likely N-dealkylation sites (tertiary alicyclic amines) is 1. The standard InChI is InChI=1S/C33H31FN6O3S/c1-20-28(44-19-36-20)16-40-27-12-22(32(41)42)7-8-26(27)37-30(40)17-39-10-9-33(13-24(33)15-39)29-3-2-4-31(38-29)43-18-23-6-5-21(14-35)11-25(23)34/h2-8,11-12,24,36H,9-10,13,15-19H2,1H3,(H,41,42). The molecule has 4 aromatic rings. The van der Waals surface area contributed by atoms with Crippen LogP contribution in [0.3, 0.4) is 0 Å². The number of fused-ring (bicyclic) bond motifs is 2. The molecule has 2 aliphatic heterocycles. The lowest BCUT2D eigenvalue weighted by Crippen LogP contribution is -2.37. The number of aromatic carboxylic acids is 1. The third kappa shape index (κ3) is 5.29. The number of piperidine rings is 1. The summed E-state index contributed by atoms with van der Waals surface area (Å²) in [6, 6.07) is 17.3. The summed E-state index contributed by atoms with van der Waals surface area (Å²) in [5.74, 6) is 1.30. The molecule has 2 aromatic heterocycles. The van der Waals surface area contributed by atoms with Crippen LogP contribution < -0.4 is 10.1 Å². The second-order valence-electron chi connectivity index (χ2n) is 11.7. The summed E-state index contributed by atoms with van der Waals surface area (Å²) in [6.07, 6.45) is 2.02. The second kappa shape index (κ2) is 11.3. The quantitative estimate of drug-likeness (QED) is 0.257. The van der Waals surface area contributed by atoms with Crippen LogP contribution in [0.25, 0.3) is 11.0 Å². The van der Waals surface area contributed by atoms with Gasteiger partial charge in [-0.2, -0.15) is 5.26 Å². The molecule has 0 amide bonds. The van der Waals surface area contributed by atoms with Gasteiger partial charge in [-0.25, -0.2) is 19.2 Å². The molecule has 44 heavy (non-hydrogen) atoms.